The van der Waals surface area contributed by atoms with Crippen molar-refractivity contribution in [1.29, 1.82) is 0 Å². The molecule has 0 aliphatic rings. The third kappa shape index (κ3) is 4.14. The third-order valence-electron chi connectivity index (χ3n) is 3.92. The summed E-state index contributed by atoms with van der Waals surface area (Å²) in [7, 11) is 1.59. The number of anilines is 2. The first-order valence-electron chi connectivity index (χ1n) is 8.45. The maximum Gasteiger partial charge on any atom is 0.288 e. The number of oxazole rings is 1. The van der Waals surface area contributed by atoms with Gasteiger partial charge < -0.3 is 24.1 Å². The highest BCUT2D eigenvalue weighted by Crippen LogP contribution is 2.33. The third-order valence-corrected chi connectivity index (χ3v) is 3.92. The standard InChI is InChI=1S/C19H15N7O3/c1-20-18-7-22-19(8-21-18)24-17-6-15(25-26-17)14-4-3-13(5-16(14)27-2)29-10-12-9-28-11-23-12/h3-9,11H,10H2,2H3,(H2,22,24,25,26). The number of nitrogens with zero attached hydrogens (tertiary/aromatic N) is 5. The van der Waals surface area contributed by atoms with Crippen LogP contribution in [0, 0.1) is 6.57 Å². The van der Waals surface area contributed by atoms with E-state index >= 15 is 0 Å². The summed E-state index contributed by atoms with van der Waals surface area (Å²) in [4.78, 5) is 15.3. The zero-order valence-corrected chi connectivity index (χ0v) is 15.3. The summed E-state index contributed by atoms with van der Waals surface area (Å²) in [6.07, 6.45) is 5.76. The molecule has 3 heterocycles. The van der Waals surface area contributed by atoms with E-state index in [1.165, 1.54) is 25.1 Å². The number of ether oxygens (including phenoxy) is 2. The predicted molar refractivity (Wildman–Crippen MR) is 103 cm³/mol. The molecule has 10 nitrogen and oxygen atoms in total. The summed E-state index contributed by atoms with van der Waals surface area (Å²) in [5.74, 6) is 2.53. The zero-order valence-electron chi connectivity index (χ0n) is 15.3. The molecule has 0 spiro atoms. The number of hydrogen-bond acceptors (Lipinski definition) is 8. The fraction of sp³-hybridized carbons (Fsp3) is 0.105. The van der Waals surface area contributed by atoms with E-state index in [9.17, 15) is 0 Å². The van der Waals surface area contributed by atoms with Gasteiger partial charge in [-0.2, -0.15) is 5.10 Å². The molecule has 0 aliphatic heterocycles. The molecule has 3 aromatic heterocycles. The van der Waals surface area contributed by atoms with E-state index in [1.807, 2.05) is 18.2 Å². The molecular weight excluding hydrogens is 374 g/mol. The molecule has 4 aromatic rings. The normalized spacial score (nSPS) is 10.3. The summed E-state index contributed by atoms with van der Waals surface area (Å²) in [5.41, 5.74) is 2.26. The van der Waals surface area contributed by atoms with Crippen molar-refractivity contribution >= 4 is 17.5 Å². The van der Waals surface area contributed by atoms with E-state index in [4.69, 9.17) is 20.5 Å². The van der Waals surface area contributed by atoms with Crippen LogP contribution in [-0.4, -0.2) is 32.3 Å². The van der Waals surface area contributed by atoms with E-state index in [0.717, 1.165) is 11.3 Å². The second kappa shape index (κ2) is 8.10. The minimum atomic E-state index is 0.230. The number of benzene rings is 1. The van der Waals surface area contributed by atoms with Crippen LogP contribution in [-0.2, 0) is 6.61 Å². The fourth-order valence-electron chi connectivity index (χ4n) is 2.55. The van der Waals surface area contributed by atoms with E-state index in [-0.39, 0.29) is 5.82 Å². The molecule has 0 radical (unpaired) electrons. The summed E-state index contributed by atoms with van der Waals surface area (Å²) in [5, 5.41) is 10.2. The van der Waals surface area contributed by atoms with Gasteiger partial charge >= 0.3 is 0 Å². The molecule has 1 aromatic carbocycles. The quantitative estimate of drug-likeness (QED) is 0.459. The van der Waals surface area contributed by atoms with E-state index in [0.29, 0.717) is 35.4 Å². The summed E-state index contributed by atoms with van der Waals surface area (Å²) < 4.78 is 16.1. The maximum atomic E-state index is 6.91. The Kier molecular flexibility index (Phi) is 5.02. The van der Waals surface area contributed by atoms with Crippen LogP contribution in [0.25, 0.3) is 16.1 Å². The fourth-order valence-corrected chi connectivity index (χ4v) is 2.55. The lowest BCUT2D eigenvalue weighted by Crippen LogP contribution is -1.96. The topological polar surface area (TPSA) is 115 Å². The Morgan fingerprint density at radius 1 is 1.17 bits per heavy atom. The monoisotopic (exact) mass is 389 g/mol. The van der Waals surface area contributed by atoms with Gasteiger partial charge in [-0.25, -0.2) is 9.97 Å². The number of aromatic amines is 1. The average Bonchev–Trinajstić information content (AvgIpc) is 3.45. The highest BCUT2D eigenvalue weighted by molar-refractivity contribution is 5.71. The van der Waals surface area contributed by atoms with E-state index in [1.54, 1.807) is 13.2 Å². The van der Waals surface area contributed by atoms with E-state index in [2.05, 4.69) is 35.3 Å². The minimum absolute atomic E-state index is 0.230. The molecule has 0 unspecified atom stereocenters. The lowest BCUT2D eigenvalue weighted by molar-refractivity contribution is 0.298. The van der Waals surface area contributed by atoms with E-state index < -0.39 is 0 Å². The van der Waals surface area contributed by atoms with Crippen molar-refractivity contribution in [2.24, 2.45) is 0 Å². The lowest BCUT2D eigenvalue weighted by atomic mass is 10.1. The number of nitrogens with one attached hydrogen (secondary N) is 2. The van der Waals surface area contributed by atoms with Crippen LogP contribution in [0.1, 0.15) is 5.69 Å². The molecule has 4 rings (SSSR count). The number of aromatic nitrogens is 5. The predicted octanol–water partition coefficient (Wildman–Crippen LogP) is 3.74. The van der Waals surface area contributed by atoms with Crippen LogP contribution in [0.2, 0.25) is 0 Å². The molecule has 29 heavy (non-hydrogen) atoms. The van der Waals surface area contributed by atoms with Crippen LogP contribution in [0.5, 0.6) is 11.5 Å². The smallest absolute Gasteiger partial charge is 0.288 e. The average molecular weight is 389 g/mol. The Hall–Kier alpha value is -4.39. The van der Waals surface area contributed by atoms with Gasteiger partial charge in [-0.05, 0) is 12.1 Å². The van der Waals surface area contributed by atoms with Crippen molar-refractivity contribution < 1.29 is 13.9 Å². The maximum absolute atomic E-state index is 6.91. The second-order valence-corrected chi connectivity index (χ2v) is 5.79. The van der Waals surface area contributed by atoms with Crippen LogP contribution in [0.3, 0.4) is 0 Å². The molecule has 0 aliphatic carbocycles. The molecule has 0 saturated heterocycles. The zero-order chi connectivity index (χ0) is 20.1. The van der Waals surface area contributed by atoms with Crippen molar-refractivity contribution in [2.45, 2.75) is 6.61 Å². The van der Waals surface area contributed by atoms with Gasteiger partial charge in [-0.15, -0.1) is 4.98 Å². The molecular formula is C19H15N7O3. The van der Waals surface area contributed by atoms with Gasteiger partial charge in [0.15, 0.2) is 24.2 Å². The Morgan fingerprint density at radius 2 is 2.10 bits per heavy atom. The SMILES string of the molecule is [C-]#[N+]c1cnc(Nc2cc(-c3ccc(OCc4cocn4)cc3OC)[nH]n2)cn1. The molecule has 0 fully saturated rings. The van der Waals surface area contributed by atoms with Gasteiger partial charge in [0.2, 0.25) is 0 Å². The Bertz CT molecular complexity index is 1130. The van der Waals surface area contributed by atoms with Crippen LogP contribution in [0.15, 0.2) is 53.7 Å². The Morgan fingerprint density at radius 3 is 2.83 bits per heavy atom. The first-order valence-corrected chi connectivity index (χ1v) is 8.45. The highest BCUT2D eigenvalue weighted by atomic mass is 16.5. The van der Waals surface area contributed by atoms with Crippen LogP contribution in [0.4, 0.5) is 17.5 Å². The van der Waals surface area contributed by atoms with Crippen LogP contribution >= 0.6 is 0 Å². The number of rotatable bonds is 7. The molecule has 10 heteroatoms. The molecule has 0 saturated carbocycles. The first-order chi connectivity index (χ1) is 14.2. The minimum Gasteiger partial charge on any atom is -0.496 e. The first kappa shape index (κ1) is 18.0. The largest absolute Gasteiger partial charge is 0.496 e. The van der Waals surface area contributed by atoms with Gasteiger partial charge in [-0.3, -0.25) is 5.10 Å². The van der Waals surface area contributed by atoms with Crippen molar-refractivity contribution in [1.82, 2.24) is 25.1 Å². The molecule has 2 N–H and O–H groups in total. The lowest BCUT2D eigenvalue weighted by Gasteiger charge is -2.10. The van der Waals surface area contributed by atoms with Crippen molar-refractivity contribution in [3.05, 3.63) is 66.4 Å². The molecule has 0 bridgehead atoms. The van der Waals surface area contributed by atoms with Crippen molar-refractivity contribution in [3.8, 4) is 22.8 Å². The van der Waals surface area contributed by atoms with Crippen molar-refractivity contribution in [2.75, 3.05) is 12.4 Å². The molecule has 0 amide bonds. The van der Waals surface area contributed by atoms with Crippen LogP contribution < -0.4 is 14.8 Å². The number of H-pyrrole nitrogens is 1. The number of methoxy groups -OCH3 is 1. The Balaban J connectivity index is 1.49. The molecule has 144 valence electrons. The van der Waals surface area contributed by atoms with Crippen molar-refractivity contribution in [3.63, 3.8) is 0 Å². The van der Waals surface area contributed by atoms with Gasteiger partial charge in [0, 0.05) is 17.7 Å². The van der Waals surface area contributed by atoms with Gasteiger partial charge in [0.25, 0.3) is 5.82 Å². The summed E-state index contributed by atoms with van der Waals surface area (Å²) in [6.45, 7) is 7.20. The Labute approximate surface area is 165 Å². The summed E-state index contributed by atoms with van der Waals surface area (Å²) in [6, 6.07) is 7.31. The van der Waals surface area contributed by atoms with Gasteiger partial charge in [0.1, 0.15) is 30.1 Å². The highest BCUT2D eigenvalue weighted by Gasteiger charge is 2.12. The van der Waals surface area contributed by atoms with Gasteiger partial charge in [-0.1, -0.05) is 6.57 Å². The summed E-state index contributed by atoms with van der Waals surface area (Å²) >= 11 is 0. The van der Waals surface area contributed by atoms with Gasteiger partial charge in [0.05, 0.1) is 19.0 Å². The second-order valence-electron chi connectivity index (χ2n) is 5.79. The number of hydrogen-bond donors (Lipinski definition) is 2. The molecule has 0 atom stereocenters.